The van der Waals surface area contributed by atoms with Crippen LogP contribution in [-0.4, -0.2) is 5.60 Å². The molecule has 1 heteroatoms. The van der Waals surface area contributed by atoms with Crippen LogP contribution in [0.2, 0.25) is 0 Å². The van der Waals surface area contributed by atoms with Gasteiger partial charge in [0, 0.05) is 0 Å². The third kappa shape index (κ3) is 3.86. The normalized spacial score (nSPS) is 22.6. The van der Waals surface area contributed by atoms with Crippen molar-refractivity contribution in [2.75, 3.05) is 0 Å². The molecule has 102 valence electrons. The molecule has 1 aromatic carbocycles. The van der Waals surface area contributed by atoms with Crippen molar-refractivity contribution in [1.29, 1.82) is 0 Å². The topological polar surface area (TPSA) is 9.23 Å². The average molecular weight is 264 g/mol. The van der Waals surface area contributed by atoms with Gasteiger partial charge in [0.1, 0.15) is 5.60 Å². The molecule has 0 radical (unpaired) electrons. The Bertz CT molecular complexity index is 573. The maximum atomic E-state index is 5.67. The standard InChI is InChI=1S/C19H20O/c1-17(19(2)15-9-10-16-20-19)11-5-3-6-12-18-13-7-4-8-14-18/h3-16H,1-2H3. The molecule has 1 atom stereocenters. The summed E-state index contributed by atoms with van der Waals surface area (Å²) in [5, 5.41) is 0. The first-order chi connectivity index (χ1) is 9.71. The molecular weight excluding hydrogens is 244 g/mol. The van der Waals surface area contributed by atoms with Gasteiger partial charge < -0.3 is 4.74 Å². The maximum Gasteiger partial charge on any atom is 0.145 e. The van der Waals surface area contributed by atoms with Crippen molar-refractivity contribution in [2.24, 2.45) is 0 Å². The summed E-state index contributed by atoms with van der Waals surface area (Å²) in [5.41, 5.74) is 2.04. The van der Waals surface area contributed by atoms with Gasteiger partial charge in [0.2, 0.25) is 0 Å². The van der Waals surface area contributed by atoms with E-state index in [0.717, 1.165) is 0 Å². The van der Waals surface area contributed by atoms with Gasteiger partial charge in [-0.1, -0.05) is 66.8 Å². The summed E-state index contributed by atoms with van der Waals surface area (Å²) < 4.78 is 5.67. The van der Waals surface area contributed by atoms with Crippen LogP contribution in [0, 0.1) is 0 Å². The molecule has 0 fully saturated rings. The molecule has 0 saturated carbocycles. The monoisotopic (exact) mass is 264 g/mol. The SMILES string of the molecule is CC(=CC=CC=Cc1ccccc1)C1(C)C=CC=CO1. The Morgan fingerprint density at radius 3 is 2.55 bits per heavy atom. The molecule has 0 amide bonds. The highest BCUT2D eigenvalue weighted by molar-refractivity contribution is 5.50. The zero-order valence-electron chi connectivity index (χ0n) is 12.0. The second-order valence-corrected chi connectivity index (χ2v) is 4.92. The van der Waals surface area contributed by atoms with E-state index in [2.05, 4.69) is 44.2 Å². The summed E-state index contributed by atoms with van der Waals surface area (Å²) in [7, 11) is 0. The zero-order chi connectivity index (χ0) is 14.3. The van der Waals surface area contributed by atoms with Crippen LogP contribution in [0.4, 0.5) is 0 Å². The fourth-order valence-electron chi connectivity index (χ4n) is 1.89. The molecule has 1 unspecified atom stereocenters. The molecular formula is C19H20O. The highest BCUT2D eigenvalue weighted by Crippen LogP contribution is 2.25. The molecule has 0 saturated heterocycles. The van der Waals surface area contributed by atoms with E-state index in [4.69, 9.17) is 4.74 Å². The van der Waals surface area contributed by atoms with Gasteiger partial charge >= 0.3 is 0 Å². The first-order valence-electron chi connectivity index (χ1n) is 6.80. The lowest BCUT2D eigenvalue weighted by Gasteiger charge is -2.28. The second-order valence-electron chi connectivity index (χ2n) is 4.92. The molecule has 0 N–H and O–H groups in total. The Hall–Kier alpha value is -2.28. The number of rotatable bonds is 4. The average Bonchev–Trinajstić information content (AvgIpc) is 2.48. The highest BCUT2D eigenvalue weighted by atomic mass is 16.5. The third-order valence-corrected chi connectivity index (χ3v) is 3.36. The van der Waals surface area contributed by atoms with Crippen molar-refractivity contribution in [3.05, 3.63) is 90.3 Å². The van der Waals surface area contributed by atoms with Crippen molar-refractivity contribution >= 4 is 6.08 Å². The zero-order valence-corrected chi connectivity index (χ0v) is 12.0. The molecule has 0 aromatic heterocycles. The summed E-state index contributed by atoms with van der Waals surface area (Å²) in [6.07, 6.45) is 18.0. The van der Waals surface area contributed by atoms with Gasteiger partial charge in [-0.3, -0.25) is 0 Å². The Labute approximate surface area is 121 Å². The van der Waals surface area contributed by atoms with Gasteiger partial charge in [-0.2, -0.15) is 0 Å². The van der Waals surface area contributed by atoms with Gasteiger partial charge in [0.05, 0.1) is 6.26 Å². The van der Waals surface area contributed by atoms with E-state index >= 15 is 0 Å². The van der Waals surface area contributed by atoms with Crippen LogP contribution in [0.5, 0.6) is 0 Å². The Morgan fingerprint density at radius 1 is 1.05 bits per heavy atom. The molecule has 0 spiro atoms. The fourth-order valence-corrected chi connectivity index (χ4v) is 1.89. The number of ether oxygens (including phenoxy) is 1. The molecule has 1 heterocycles. The number of hydrogen-bond acceptors (Lipinski definition) is 1. The summed E-state index contributed by atoms with van der Waals surface area (Å²) in [6.45, 7) is 4.14. The van der Waals surface area contributed by atoms with Crippen LogP contribution >= 0.6 is 0 Å². The van der Waals surface area contributed by atoms with E-state index in [1.807, 2.05) is 48.6 Å². The van der Waals surface area contributed by atoms with E-state index in [-0.39, 0.29) is 5.60 Å². The maximum absolute atomic E-state index is 5.67. The third-order valence-electron chi connectivity index (χ3n) is 3.36. The molecule has 2 rings (SSSR count). The van der Waals surface area contributed by atoms with Gasteiger partial charge in [-0.05, 0) is 37.1 Å². The molecule has 20 heavy (non-hydrogen) atoms. The Kier molecular flexibility index (Phi) is 4.78. The van der Waals surface area contributed by atoms with Gasteiger partial charge in [0.15, 0.2) is 0 Å². The van der Waals surface area contributed by atoms with Gasteiger partial charge in [-0.25, -0.2) is 0 Å². The minimum absolute atomic E-state index is 0.331. The lowest BCUT2D eigenvalue weighted by Crippen LogP contribution is -2.26. The fraction of sp³-hybridized carbons (Fsp3) is 0.158. The second kappa shape index (κ2) is 6.76. The number of allylic oxidation sites excluding steroid dienone is 6. The van der Waals surface area contributed by atoms with Gasteiger partial charge in [-0.15, -0.1) is 0 Å². The van der Waals surface area contributed by atoms with Crippen LogP contribution in [-0.2, 0) is 4.74 Å². The largest absolute Gasteiger partial charge is 0.487 e. The van der Waals surface area contributed by atoms with Gasteiger partial charge in [0.25, 0.3) is 0 Å². The Balaban J connectivity index is 1.95. The summed E-state index contributed by atoms with van der Waals surface area (Å²) in [4.78, 5) is 0. The van der Waals surface area contributed by atoms with Crippen LogP contribution in [0.15, 0.2) is 84.7 Å². The van der Waals surface area contributed by atoms with Crippen LogP contribution in [0.1, 0.15) is 19.4 Å². The molecule has 1 aliphatic heterocycles. The summed E-state index contributed by atoms with van der Waals surface area (Å²) in [6, 6.07) is 10.3. The minimum atomic E-state index is -0.331. The number of hydrogen-bond donors (Lipinski definition) is 0. The molecule has 1 aromatic rings. The van der Waals surface area contributed by atoms with E-state index < -0.39 is 0 Å². The molecule has 1 aliphatic rings. The molecule has 0 bridgehead atoms. The van der Waals surface area contributed by atoms with E-state index in [1.54, 1.807) is 6.26 Å². The highest BCUT2D eigenvalue weighted by Gasteiger charge is 2.24. The van der Waals surface area contributed by atoms with Crippen LogP contribution in [0.3, 0.4) is 0 Å². The van der Waals surface area contributed by atoms with Crippen LogP contribution < -0.4 is 0 Å². The van der Waals surface area contributed by atoms with Crippen molar-refractivity contribution in [1.82, 2.24) is 0 Å². The predicted octanol–water partition coefficient (Wildman–Crippen LogP) is 5.06. The smallest absolute Gasteiger partial charge is 0.145 e. The minimum Gasteiger partial charge on any atom is -0.487 e. The first kappa shape index (κ1) is 14.1. The van der Waals surface area contributed by atoms with E-state index in [1.165, 1.54) is 11.1 Å². The van der Waals surface area contributed by atoms with Crippen molar-refractivity contribution < 1.29 is 4.74 Å². The summed E-state index contributed by atoms with van der Waals surface area (Å²) in [5.74, 6) is 0. The van der Waals surface area contributed by atoms with Crippen molar-refractivity contribution in [3.8, 4) is 0 Å². The quantitative estimate of drug-likeness (QED) is 0.690. The Morgan fingerprint density at radius 2 is 1.85 bits per heavy atom. The lowest BCUT2D eigenvalue weighted by atomic mass is 9.95. The predicted molar refractivity (Wildman–Crippen MR) is 86.1 cm³/mol. The summed E-state index contributed by atoms with van der Waals surface area (Å²) >= 11 is 0. The van der Waals surface area contributed by atoms with Crippen LogP contribution in [0.25, 0.3) is 6.08 Å². The number of benzene rings is 1. The van der Waals surface area contributed by atoms with Crippen molar-refractivity contribution in [3.63, 3.8) is 0 Å². The molecule has 1 nitrogen and oxygen atoms in total. The van der Waals surface area contributed by atoms with Crippen molar-refractivity contribution in [2.45, 2.75) is 19.4 Å². The van der Waals surface area contributed by atoms with E-state index in [0.29, 0.717) is 0 Å². The lowest BCUT2D eigenvalue weighted by molar-refractivity contribution is 0.118. The first-order valence-corrected chi connectivity index (χ1v) is 6.80. The van der Waals surface area contributed by atoms with E-state index in [9.17, 15) is 0 Å². The molecule has 0 aliphatic carbocycles.